The van der Waals surface area contributed by atoms with Crippen LogP contribution in [0.25, 0.3) is 0 Å². The fraction of sp³-hybridized carbons (Fsp3) is 0.611. The molecule has 0 bridgehead atoms. The highest BCUT2D eigenvalue weighted by Gasteiger charge is 2.28. The van der Waals surface area contributed by atoms with Gasteiger partial charge in [-0.15, -0.1) is 11.8 Å². The number of likely N-dealkylation sites (tertiary alicyclic amines) is 1. The molecule has 1 aromatic carbocycles. The Kier molecular flexibility index (Phi) is 7.25. The van der Waals surface area contributed by atoms with E-state index in [1.54, 1.807) is 17.0 Å². The van der Waals surface area contributed by atoms with E-state index in [0.717, 1.165) is 25.1 Å². The van der Waals surface area contributed by atoms with E-state index in [1.807, 2.05) is 7.05 Å². The van der Waals surface area contributed by atoms with E-state index in [0.29, 0.717) is 35.4 Å². The molecule has 0 radical (unpaired) electrons. The smallest absolute Gasteiger partial charge is 0.283 e. The van der Waals surface area contributed by atoms with Gasteiger partial charge in [-0.1, -0.05) is 13.8 Å². The third-order valence-electron chi connectivity index (χ3n) is 4.42. The van der Waals surface area contributed by atoms with Crippen LogP contribution in [0.4, 0.5) is 5.69 Å². The number of nitro benzene ring substituents is 1. The molecule has 2 rings (SSSR count). The summed E-state index contributed by atoms with van der Waals surface area (Å²) in [6.45, 7) is 6.57. The Morgan fingerprint density at radius 1 is 1.48 bits per heavy atom. The van der Waals surface area contributed by atoms with Crippen molar-refractivity contribution in [2.24, 2.45) is 11.8 Å². The second-order valence-electron chi connectivity index (χ2n) is 6.93. The summed E-state index contributed by atoms with van der Waals surface area (Å²) in [7, 11) is 1.91. The van der Waals surface area contributed by atoms with Crippen molar-refractivity contribution in [3.63, 3.8) is 0 Å². The van der Waals surface area contributed by atoms with E-state index in [1.165, 1.54) is 17.8 Å². The quantitative estimate of drug-likeness (QED) is 0.434. The first-order chi connectivity index (χ1) is 11.9. The van der Waals surface area contributed by atoms with Crippen molar-refractivity contribution in [2.75, 3.05) is 32.4 Å². The highest BCUT2D eigenvalue weighted by atomic mass is 32.2. The van der Waals surface area contributed by atoms with Crippen LogP contribution in [-0.4, -0.2) is 48.2 Å². The van der Waals surface area contributed by atoms with E-state index in [9.17, 15) is 14.9 Å². The number of nitrogens with one attached hydrogen (secondary N) is 1. The predicted octanol–water partition coefficient (Wildman–Crippen LogP) is 3.41. The first-order valence-electron chi connectivity index (χ1n) is 8.77. The second-order valence-corrected chi connectivity index (χ2v) is 8.07. The van der Waals surface area contributed by atoms with E-state index in [4.69, 9.17) is 0 Å². The van der Waals surface area contributed by atoms with Gasteiger partial charge in [0.25, 0.3) is 11.6 Å². The van der Waals surface area contributed by atoms with Crippen LogP contribution in [-0.2, 0) is 0 Å². The number of carbonyl (C=O) groups is 1. The van der Waals surface area contributed by atoms with Crippen LogP contribution < -0.4 is 5.32 Å². The molecule has 0 aliphatic carbocycles. The number of thioether (sulfide) groups is 1. The van der Waals surface area contributed by atoms with Crippen LogP contribution in [0.1, 0.15) is 37.0 Å². The largest absolute Gasteiger partial charge is 0.338 e. The molecule has 1 aliphatic rings. The van der Waals surface area contributed by atoms with Gasteiger partial charge < -0.3 is 10.2 Å². The summed E-state index contributed by atoms with van der Waals surface area (Å²) in [5, 5.41) is 14.5. The number of nitro groups is 1. The Balaban J connectivity index is 2.10. The molecule has 1 N–H and O–H groups in total. The lowest BCUT2D eigenvalue weighted by molar-refractivity contribution is -0.387. The van der Waals surface area contributed by atoms with Crippen LogP contribution in [0.5, 0.6) is 0 Å². The highest BCUT2D eigenvalue weighted by Crippen LogP contribution is 2.32. The van der Waals surface area contributed by atoms with Crippen molar-refractivity contribution in [1.29, 1.82) is 0 Å². The molecule has 6 nitrogen and oxygen atoms in total. The lowest BCUT2D eigenvalue weighted by atomic mass is 10.1. The minimum atomic E-state index is -0.387. The summed E-state index contributed by atoms with van der Waals surface area (Å²) < 4.78 is 0. The molecular formula is C18H27N3O3S. The molecule has 7 heteroatoms. The number of carbonyl (C=O) groups excluding carboxylic acids is 1. The number of rotatable bonds is 8. The van der Waals surface area contributed by atoms with Crippen LogP contribution in [0, 0.1) is 22.0 Å². The minimum absolute atomic E-state index is 0.0329. The number of nitrogens with zero attached hydrogens (tertiary/aromatic N) is 2. The zero-order chi connectivity index (χ0) is 18.4. The zero-order valence-electron chi connectivity index (χ0n) is 15.2. The maximum atomic E-state index is 12.7. The normalized spacial score (nSPS) is 17.3. The van der Waals surface area contributed by atoms with Crippen molar-refractivity contribution < 1.29 is 9.72 Å². The Bertz CT molecular complexity index is 622. The van der Waals surface area contributed by atoms with Crippen molar-refractivity contribution in [3.8, 4) is 0 Å². The standard InChI is InChI=1S/C18H27N3O3S/c1-13(2)7-9-25-17-5-4-15(10-16(17)21(23)24)18(22)20-8-6-14(12-20)11-19-3/h4-5,10,13-14,19H,6-9,11-12H2,1-3H3. The lowest BCUT2D eigenvalue weighted by Gasteiger charge is -2.17. The highest BCUT2D eigenvalue weighted by molar-refractivity contribution is 7.99. The van der Waals surface area contributed by atoms with Crippen LogP contribution in [0.2, 0.25) is 0 Å². The van der Waals surface area contributed by atoms with Crippen LogP contribution in [0.15, 0.2) is 23.1 Å². The van der Waals surface area contributed by atoms with Gasteiger partial charge >= 0.3 is 0 Å². The predicted molar refractivity (Wildman–Crippen MR) is 101 cm³/mol. The van der Waals surface area contributed by atoms with Gasteiger partial charge in [0.1, 0.15) is 0 Å². The Morgan fingerprint density at radius 3 is 2.88 bits per heavy atom. The molecule has 1 unspecified atom stereocenters. The maximum absolute atomic E-state index is 12.7. The Hall–Kier alpha value is -1.60. The van der Waals surface area contributed by atoms with Gasteiger partial charge in [-0.2, -0.15) is 0 Å². The second kappa shape index (κ2) is 9.20. The number of hydrogen-bond acceptors (Lipinski definition) is 5. The molecule has 1 amide bonds. The molecule has 0 spiro atoms. The minimum Gasteiger partial charge on any atom is -0.338 e. The Labute approximate surface area is 153 Å². The summed E-state index contributed by atoms with van der Waals surface area (Å²) in [5.41, 5.74) is 0.440. The molecule has 25 heavy (non-hydrogen) atoms. The fourth-order valence-corrected chi connectivity index (χ4v) is 4.23. The van der Waals surface area contributed by atoms with E-state index in [2.05, 4.69) is 19.2 Å². The van der Waals surface area contributed by atoms with Gasteiger partial charge in [0, 0.05) is 24.7 Å². The van der Waals surface area contributed by atoms with E-state index >= 15 is 0 Å². The fourth-order valence-electron chi connectivity index (χ4n) is 2.97. The average Bonchev–Trinajstić information content (AvgIpc) is 3.03. The molecule has 0 aromatic heterocycles. The van der Waals surface area contributed by atoms with Gasteiger partial charge in [0.05, 0.1) is 9.82 Å². The van der Waals surface area contributed by atoms with Crippen molar-refractivity contribution in [2.45, 2.75) is 31.6 Å². The first-order valence-corrected chi connectivity index (χ1v) is 9.76. The molecule has 1 saturated heterocycles. The lowest BCUT2D eigenvalue weighted by Crippen LogP contribution is -2.30. The molecular weight excluding hydrogens is 338 g/mol. The summed E-state index contributed by atoms with van der Waals surface area (Å²) >= 11 is 1.49. The molecule has 1 heterocycles. The first kappa shape index (κ1) is 19.7. The number of amides is 1. The summed E-state index contributed by atoms with van der Waals surface area (Å²) in [6.07, 6.45) is 1.97. The van der Waals surface area contributed by atoms with Gasteiger partial charge in [-0.25, -0.2) is 0 Å². The van der Waals surface area contributed by atoms with Crippen LogP contribution in [0.3, 0.4) is 0 Å². The van der Waals surface area contributed by atoms with Gasteiger partial charge in [-0.3, -0.25) is 14.9 Å². The number of benzene rings is 1. The van der Waals surface area contributed by atoms with E-state index < -0.39 is 0 Å². The maximum Gasteiger partial charge on any atom is 0.283 e. The third-order valence-corrected chi connectivity index (χ3v) is 5.52. The molecule has 1 aromatic rings. The van der Waals surface area contributed by atoms with Gasteiger partial charge in [0.2, 0.25) is 0 Å². The van der Waals surface area contributed by atoms with Crippen LogP contribution >= 0.6 is 11.8 Å². The molecule has 1 atom stereocenters. The molecule has 1 aliphatic heterocycles. The molecule has 0 saturated carbocycles. The third kappa shape index (κ3) is 5.44. The van der Waals surface area contributed by atoms with Gasteiger partial charge in [-0.05, 0) is 56.2 Å². The molecule has 138 valence electrons. The molecule has 1 fully saturated rings. The van der Waals surface area contributed by atoms with Crippen molar-refractivity contribution in [1.82, 2.24) is 10.2 Å². The van der Waals surface area contributed by atoms with Crippen molar-refractivity contribution in [3.05, 3.63) is 33.9 Å². The summed E-state index contributed by atoms with van der Waals surface area (Å²) in [6, 6.07) is 4.88. The topological polar surface area (TPSA) is 75.5 Å². The monoisotopic (exact) mass is 365 g/mol. The number of hydrogen-bond donors (Lipinski definition) is 1. The zero-order valence-corrected chi connectivity index (χ0v) is 16.0. The van der Waals surface area contributed by atoms with E-state index in [-0.39, 0.29) is 16.5 Å². The average molecular weight is 365 g/mol. The van der Waals surface area contributed by atoms with Crippen molar-refractivity contribution >= 4 is 23.4 Å². The Morgan fingerprint density at radius 2 is 2.24 bits per heavy atom. The SMILES string of the molecule is CNCC1CCN(C(=O)c2ccc(SCCC(C)C)c([N+](=O)[O-])c2)C1. The summed E-state index contributed by atoms with van der Waals surface area (Å²) in [5.74, 6) is 1.74. The van der Waals surface area contributed by atoms with Gasteiger partial charge in [0.15, 0.2) is 0 Å². The summed E-state index contributed by atoms with van der Waals surface area (Å²) in [4.78, 5) is 26.1.